The van der Waals surface area contributed by atoms with Gasteiger partial charge in [0, 0.05) is 22.2 Å². The molecule has 7 nitrogen and oxygen atoms in total. The molecule has 0 saturated carbocycles. The van der Waals surface area contributed by atoms with Crippen molar-refractivity contribution in [1.82, 2.24) is 15.1 Å². The molecule has 0 atom stereocenters. The number of anilines is 2. The van der Waals surface area contributed by atoms with Gasteiger partial charge in [0.15, 0.2) is 5.56 Å². The zero-order chi connectivity index (χ0) is 22.7. The van der Waals surface area contributed by atoms with Gasteiger partial charge >= 0.3 is 5.97 Å². The van der Waals surface area contributed by atoms with Crippen LogP contribution in [0.1, 0.15) is 28.7 Å². The van der Waals surface area contributed by atoms with Crippen molar-refractivity contribution >= 4 is 29.3 Å². The van der Waals surface area contributed by atoms with Crippen LogP contribution in [0, 0.1) is 13.8 Å². The third-order valence-corrected chi connectivity index (χ3v) is 4.97. The fourth-order valence-electron chi connectivity index (χ4n) is 3.19. The zero-order valence-corrected chi connectivity index (χ0v) is 18.6. The number of nitrogens with zero attached hydrogens (tertiary/aromatic N) is 3. The van der Waals surface area contributed by atoms with E-state index < -0.39 is 5.97 Å². The van der Waals surface area contributed by atoms with E-state index >= 15 is 0 Å². The topological polar surface area (TPSA) is 90.1 Å². The number of carbonyl (C=O) groups is 1. The molecule has 32 heavy (non-hydrogen) atoms. The van der Waals surface area contributed by atoms with Gasteiger partial charge in [-0.15, -0.1) is 0 Å². The second-order valence-electron chi connectivity index (χ2n) is 7.14. The van der Waals surface area contributed by atoms with Crippen molar-refractivity contribution in [2.24, 2.45) is 0 Å². The van der Waals surface area contributed by atoms with Crippen molar-refractivity contribution in [2.75, 3.05) is 11.9 Å². The van der Waals surface area contributed by atoms with Crippen LogP contribution in [0.3, 0.4) is 0 Å². The third kappa shape index (κ3) is 4.63. The van der Waals surface area contributed by atoms with E-state index in [2.05, 4.69) is 20.4 Å². The first-order chi connectivity index (χ1) is 15.4. The number of esters is 1. The lowest BCUT2D eigenvalue weighted by molar-refractivity contribution is 0.0528. The van der Waals surface area contributed by atoms with Crippen LogP contribution in [0.5, 0.6) is 0 Å². The molecule has 1 N–H and O–H groups in total. The number of aryl methyl sites for hydroxylation is 2. The molecule has 2 aromatic carbocycles. The molecule has 0 saturated heterocycles. The standard InChI is InChI=1S/C24H21ClN4O3/c1-4-31-24(30)21-22(17-9-11-18(25)12-10-17)29-32-23(21)28-20-13-19(26-15(3)27-20)16-7-5-14(2)6-8-16/h5-13H,4H2,1-3H3,(H,26,27,28). The minimum absolute atomic E-state index is 0.140. The zero-order valence-electron chi connectivity index (χ0n) is 17.8. The number of hydrogen-bond acceptors (Lipinski definition) is 7. The summed E-state index contributed by atoms with van der Waals surface area (Å²) in [4.78, 5) is 21.7. The van der Waals surface area contributed by atoms with E-state index in [9.17, 15) is 4.79 Å². The number of hydrogen-bond donors (Lipinski definition) is 1. The molecule has 0 aliphatic carbocycles. The van der Waals surface area contributed by atoms with Gasteiger partial charge in [-0.25, -0.2) is 14.8 Å². The highest BCUT2D eigenvalue weighted by Gasteiger charge is 2.26. The highest BCUT2D eigenvalue weighted by atomic mass is 35.5. The van der Waals surface area contributed by atoms with Gasteiger partial charge in [-0.3, -0.25) is 0 Å². The van der Waals surface area contributed by atoms with Crippen LogP contribution >= 0.6 is 11.6 Å². The highest BCUT2D eigenvalue weighted by Crippen LogP contribution is 2.32. The minimum Gasteiger partial charge on any atom is -0.462 e. The second-order valence-corrected chi connectivity index (χ2v) is 7.58. The van der Waals surface area contributed by atoms with Gasteiger partial charge in [0.1, 0.15) is 17.3 Å². The summed E-state index contributed by atoms with van der Waals surface area (Å²) in [6.45, 7) is 5.78. The molecule has 2 heterocycles. The Morgan fingerprint density at radius 2 is 1.72 bits per heavy atom. The fourth-order valence-corrected chi connectivity index (χ4v) is 3.32. The number of benzene rings is 2. The van der Waals surface area contributed by atoms with Gasteiger partial charge in [-0.2, -0.15) is 0 Å². The van der Waals surface area contributed by atoms with Crippen molar-refractivity contribution in [3.05, 3.63) is 76.6 Å². The maximum Gasteiger partial charge on any atom is 0.346 e. The van der Waals surface area contributed by atoms with E-state index in [0.717, 1.165) is 16.8 Å². The maximum atomic E-state index is 12.7. The predicted molar refractivity (Wildman–Crippen MR) is 123 cm³/mol. The molecule has 8 heteroatoms. The SMILES string of the molecule is CCOC(=O)c1c(-c2ccc(Cl)cc2)noc1Nc1cc(-c2ccc(C)cc2)nc(C)n1. The quantitative estimate of drug-likeness (QED) is 0.362. The predicted octanol–water partition coefficient (Wildman–Crippen LogP) is 5.99. The molecule has 0 aliphatic heterocycles. The van der Waals surface area contributed by atoms with E-state index in [1.807, 2.05) is 31.2 Å². The number of carbonyl (C=O) groups excluding carboxylic acids is 1. The molecule has 4 rings (SSSR count). The first-order valence-corrected chi connectivity index (χ1v) is 10.4. The molecule has 4 aromatic rings. The molecule has 0 amide bonds. The number of rotatable bonds is 6. The maximum absolute atomic E-state index is 12.7. The summed E-state index contributed by atoms with van der Waals surface area (Å²) in [5.74, 6) is 0.630. The van der Waals surface area contributed by atoms with Gasteiger partial charge < -0.3 is 14.6 Å². The number of halogens is 1. The highest BCUT2D eigenvalue weighted by molar-refractivity contribution is 6.30. The van der Waals surface area contributed by atoms with Crippen molar-refractivity contribution in [3.63, 3.8) is 0 Å². The summed E-state index contributed by atoms with van der Waals surface area (Å²) < 4.78 is 10.7. The van der Waals surface area contributed by atoms with Crippen molar-refractivity contribution in [1.29, 1.82) is 0 Å². The van der Waals surface area contributed by atoms with Gasteiger partial charge in [0.25, 0.3) is 0 Å². The third-order valence-electron chi connectivity index (χ3n) is 4.72. The Kier molecular flexibility index (Phi) is 6.18. The largest absolute Gasteiger partial charge is 0.462 e. The van der Waals surface area contributed by atoms with Crippen LogP contribution < -0.4 is 5.32 Å². The van der Waals surface area contributed by atoms with Gasteiger partial charge in [-0.1, -0.05) is 58.7 Å². The smallest absolute Gasteiger partial charge is 0.346 e. The van der Waals surface area contributed by atoms with Crippen LogP contribution in [0.15, 0.2) is 59.1 Å². The molecule has 0 radical (unpaired) electrons. The first-order valence-electron chi connectivity index (χ1n) is 10.1. The second kappa shape index (κ2) is 9.20. The Hall–Kier alpha value is -3.71. The normalized spacial score (nSPS) is 10.8. The Bertz CT molecular complexity index is 1250. The number of nitrogens with one attached hydrogen (secondary N) is 1. The average molecular weight is 449 g/mol. The summed E-state index contributed by atoms with van der Waals surface area (Å²) in [7, 11) is 0. The molecule has 162 valence electrons. The molecular formula is C24H21ClN4O3. The van der Waals surface area contributed by atoms with Crippen LogP contribution in [-0.2, 0) is 4.74 Å². The molecular weight excluding hydrogens is 428 g/mol. The lowest BCUT2D eigenvalue weighted by atomic mass is 10.1. The first kappa shape index (κ1) is 21.5. The van der Waals surface area contributed by atoms with E-state index in [-0.39, 0.29) is 18.1 Å². The Labute approximate surface area is 190 Å². The fraction of sp³-hybridized carbons (Fsp3) is 0.167. The van der Waals surface area contributed by atoms with Gasteiger partial charge in [0.05, 0.1) is 12.3 Å². The molecule has 0 fully saturated rings. The summed E-state index contributed by atoms with van der Waals surface area (Å²) in [6, 6.07) is 16.8. The molecule has 0 aliphatic rings. The number of aromatic nitrogens is 3. The molecule has 0 bridgehead atoms. The van der Waals surface area contributed by atoms with Crippen LogP contribution in [0.25, 0.3) is 22.5 Å². The lowest BCUT2D eigenvalue weighted by Gasteiger charge is -2.09. The molecule has 0 spiro atoms. The van der Waals surface area contributed by atoms with Crippen molar-refractivity contribution in [2.45, 2.75) is 20.8 Å². The summed E-state index contributed by atoms with van der Waals surface area (Å²) >= 11 is 5.99. The average Bonchev–Trinajstić information content (AvgIpc) is 3.18. The van der Waals surface area contributed by atoms with Gasteiger partial charge in [-0.05, 0) is 32.9 Å². The summed E-state index contributed by atoms with van der Waals surface area (Å²) in [6.07, 6.45) is 0. The van der Waals surface area contributed by atoms with Crippen molar-refractivity contribution < 1.29 is 14.1 Å². The Morgan fingerprint density at radius 3 is 2.41 bits per heavy atom. The number of ether oxygens (including phenoxy) is 1. The van der Waals surface area contributed by atoms with Crippen LogP contribution in [0.2, 0.25) is 5.02 Å². The van der Waals surface area contributed by atoms with Gasteiger partial charge in [0.2, 0.25) is 5.88 Å². The molecule has 2 aromatic heterocycles. The summed E-state index contributed by atoms with van der Waals surface area (Å²) in [5, 5.41) is 7.75. The summed E-state index contributed by atoms with van der Waals surface area (Å²) in [5.41, 5.74) is 4.07. The van der Waals surface area contributed by atoms with E-state index in [1.165, 1.54) is 0 Å². The van der Waals surface area contributed by atoms with Crippen molar-refractivity contribution in [3.8, 4) is 22.5 Å². The molecule has 0 unspecified atom stereocenters. The monoisotopic (exact) mass is 448 g/mol. The van der Waals surface area contributed by atoms with E-state index in [1.54, 1.807) is 44.2 Å². The lowest BCUT2D eigenvalue weighted by Crippen LogP contribution is -2.08. The Balaban J connectivity index is 1.73. The van der Waals surface area contributed by atoms with Crippen LogP contribution in [0.4, 0.5) is 11.7 Å². The van der Waals surface area contributed by atoms with Crippen LogP contribution in [-0.4, -0.2) is 27.7 Å². The van der Waals surface area contributed by atoms with E-state index in [4.69, 9.17) is 20.9 Å². The minimum atomic E-state index is -0.550. The Morgan fingerprint density at radius 1 is 1.03 bits per heavy atom. The van der Waals surface area contributed by atoms with E-state index in [0.29, 0.717) is 27.9 Å².